The van der Waals surface area contributed by atoms with E-state index >= 15 is 0 Å². The maximum absolute atomic E-state index is 11.5. The third kappa shape index (κ3) is 4.71. The van der Waals surface area contributed by atoms with E-state index in [1.54, 1.807) is 12.1 Å². The van der Waals surface area contributed by atoms with Gasteiger partial charge in [-0.1, -0.05) is 17.7 Å². The minimum Gasteiger partial charge on any atom is -0.465 e. The van der Waals surface area contributed by atoms with Crippen LogP contribution in [0.3, 0.4) is 0 Å². The first-order valence-electron chi connectivity index (χ1n) is 4.80. The largest absolute Gasteiger partial charge is 0.465 e. The summed E-state index contributed by atoms with van der Waals surface area (Å²) >= 11 is 5.69. The minimum absolute atomic E-state index is 0.272. The molecular formula is C10H10ClN3O4. The molecular weight excluding hydrogens is 262 g/mol. The molecule has 0 saturated carbocycles. The fraction of sp³-hybridized carbons (Fsp3) is 0.100. The van der Waals surface area contributed by atoms with Crippen LogP contribution in [0.2, 0.25) is 5.02 Å². The lowest BCUT2D eigenvalue weighted by atomic mass is 10.2. The van der Waals surface area contributed by atoms with E-state index in [1.165, 1.54) is 12.1 Å². The number of hydrazine groups is 1. The first-order chi connectivity index (χ1) is 8.49. The summed E-state index contributed by atoms with van der Waals surface area (Å²) in [6, 6.07) is 6.14. The number of carboxylic acid groups (broad SMARTS) is 1. The Bertz CT molecular complexity index is 478. The smallest absolute Gasteiger partial charge is 0.405 e. The van der Waals surface area contributed by atoms with E-state index in [2.05, 4.69) is 5.43 Å². The number of halogens is 1. The topological polar surface area (TPSA) is 108 Å². The van der Waals surface area contributed by atoms with Gasteiger partial charge in [-0.3, -0.25) is 20.4 Å². The molecule has 0 aliphatic carbocycles. The summed E-state index contributed by atoms with van der Waals surface area (Å²) in [4.78, 5) is 32.7. The van der Waals surface area contributed by atoms with Crippen LogP contribution in [-0.4, -0.2) is 29.6 Å². The Balaban J connectivity index is 2.42. The van der Waals surface area contributed by atoms with Gasteiger partial charge in [0.2, 0.25) is 0 Å². The van der Waals surface area contributed by atoms with Crippen molar-refractivity contribution in [3.05, 3.63) is 34.9 Å². The van der Waals surface area contributed by atoms with E-state index in [0.29, 0.717) is 5.02 Å². The van der Waals surface area contributed by atoms with Crippen molar-refractivity contribution in [3.8, 4) is 0 Å². The van der Waals surface area contributed by atoms with Gasteiger partial charge in [0.1, 0.15) is 6.54 Å². The van der Waals surface area contributed by atoms with E-state index < -0.39 is 24.5 Å². The van der Waals surface area contributed by atoms with E-state index in [-0.39, 0.29) is 5.56 Å². The lowest BCUT2D eigenvalue weighted by Crippen LogP contribution is -2.46. The number of rotatable bonds is 3. The van der Waals surface area contributed by atoms with E-state index in [4.69, 9.17) is 16.7 Å². The van der Waals surface area contributed by atoms with Gasteiger partial charge in [0, 0.05) is 10.6 Å². The highest BCUT2D eigenvalue weighted by Crippen LogP contribution is 2.09. The molecule has 0 aromatic heterocycles. The number of carbonyl (C=O) groups excluding carboxylic acids is 2. The van der Waals surface area contributed by atoms with Crippen LogP contribution in [0.15, 0.2) is 24.3 Å². The monoisotopic (exact) mass is 271 g/mol. The first-order valence-corrected chi connectivity index (χ1v) is 5.18. The molecule has 8 heteroatoms. The minimum atomic E-state index is -1.33. The average molecular weight is 272 g/mol. The van der Waals surface area contributed by atoms with Crippen LogP contribution in [0.4, 0.5) is 4.79 Å². The SMILES string of the molecule is O=C(O)NCC(=O)NNC(=O)c1cccc(Cl)c1. The molecule has 1 aromatic carbocycles. The van der Waals surface area contributed by atoms with Crippen LogP contribution in [-0.2, 0) is 4.79 Å². The van der Waals surface area contributed by atoms with Gasteiger partial charge in [-0.25, -0.2) is 4.79 Å². The Hall–Kier alpha value is -2.28. The normalized spacial score (nSPS) is 9.39. The summed E-state index contributed by atoms with van der Waals surface area (Å²) < 4.78 is 0. The van der Waals surface area contributed by atoms with Gasteiger partial charge in [-0.15, -0.1) is 0 Å². The van der Waals surface area contributed by atoms with Crippen molar-refractivity contribution in [1.29, 1.82) is 0 Å². The average Bonchev–Trinajstić information content (AvgIpc) is 2.33. The summed E-state index contributed by atoms with van der Waals surface area (Å²) in [5.74, 6) is -1.24. The van der Waals surface area contributed by atoms with Crippen molar-refractivity contribution in [2.75, 3.05) is 6.54 Å². The zero-order valence-electron chi connectivity index (χ0n) is 9.07. The van der Waals surface area contributed by atoms with Crippen molar-refractivity contribution < 1.29 is 19.5 Å². The molecule has 0 aliphatic heterocycles. The van der Waals surface area contributed by atoms with Gasteiger partial charge >= 0.3 is 6.09 Å². The van der Waals surface area contributed by atoms with Gasteiger partial charge in [0.05, 0.1) is 0 Å². The van der Waals surface area contributed by atoms with Crippen LogP contribution in [0.25, 0.3) is 0 Å². The molecule has 18 heavy (non-hydrogen) atoms. The van der Waals surface area contributed by atoms with E-state index in [9.17, 15) is 14.4 Å². The van der Waals surface area contributed by atoms with Crippen molar-refractivity contribution in [1.82, 2.24) is 16.2 Å². The van der Waals surface area contributed by atoms with Gasteiger partial charge in [-0.2, -0.15) is 0 Å². The molecule has 0 heterocycles. The number of nitrogens with one attached hydrogen (secondary N) is 3. The van der Waals surface area contributed by atoms with Gasteiger partial charge in [0.25, 0.3) is 11.8 Å². The third-order valence-corrected chi connectivity index (χ3v) is 2.04. The highest BCUT2D eigenvalue weighted by molar-refractivity contribution is 6.30. The second-order valence-corrected chi connectivity index (χ2v) is 3.61. The van der Waals surface area contributed by atoms with Crippen LogP contribution in [0.5, 0.6) is 0 Å². The Labute approximate surface area is 107 Å². The molecule has 0 aliphatic rings. The molecule has 0 spiro atoms. The number of benzene rings is 1. The highest BCUT2D eigenvalue weighted by Gasteiger charge is 2.08. The van der Waals surface area contributed by atoms with Gasteiger partial charge in [0.15, 0.2) is 0 Å². The third-order valence-electron chi connectivity index (χ3n) is 1.80. The van der Waals surface area contributed by atoms with Crippen molar-refractivity contribution >= 4 is 29.5 Å². The van der Waals surface area contributed by atoms with Crippen molar-refractivity contribution in [3.63, 3.8) is 0 Å². The zero-order valence-corrected chi connectivity index (χ0v) is 9.82. The Morgan fingerprint density at radius 2 is 1.94 bits per heavy atom. The molecule has 0 bridgehead atoms. The molecule has 3 amide bonds. The summed E-state index contributed by atoms with van der Waals surface area (Å²) in [5, 5.41) is 10.5. The summed E-state index contributed by atoms with van der Waals surface area (Å²) in [5.41, 5.74) is 4.44. The first kappa shape index (κ1) is 13.8. The van der Waals surface area contributed by atoms with Gasteiger partial charge in [-0.05, 0) is 18.2 Å². The summed E-state index contributed by atoms with van der Waals surface area (Å²) in [6.07, 6.45) is -1.33. The summed E-state index contributed by atoms with van der Waals surface area (Å²) in [7, 11) is 0. The number of amides is 3. The highest BCUT2D eigenvalue weighted by atomic mass is 35.5. The van der Waals surface area contributed by atoms with Crippen LogP contribution < -0.4 is 16.2 Å². The second kappa shape index (κ2) is 6.45. The maximum Gasteiger partial charge on any atom is 0.405 e. The lowest BCUT2D eigenvalue weighted by molar-refractivity contribution is -0.120. The maximum atomic E-state index is 11.5. The molecule has 96 valence electrons. The lowest BCUT2D eigenvalue weighted by Gasteiger charge is -2.07. The Morgan fingerprint density at radius 3 is 2.56 bits per heavy atom. The van der Waals surface area contributed by atoms with Crippen LogP contribution in [0, 0.1) is 0 Å². The van der Waals surface area contributed by atoms with E-state index in [0.717, 1.165) is 0 Å². The Morgan fingerprint density at radius 1 is 1.22 bits per heavy atom. The standard InChI is InChI=1S/C10H10ClN3O4/c11-7-3-1-2-6(4-7)9(16)14-13-8(15)5-12-10(17)18/h1-4,12H,5H2,(H,13,15)(H,14,16)(H,17,18). The van der Waals surface area contributed by atoms with Crippen molar-refractivity contribution in [2.24, 2.45) is 0 Å². The zero-order chi connectivity index (χ0) is 13.5. The number of carbonyl (C=O) groups is 3. The molecule has 0 saturated heterocycles. The second-order valence-electron chi connectivity index (χ2n) is 3.17. The predicted molar refractivity (Wildman–Crippen MR) is 63.1 cm³/mol. The fourth-order valence-corrected chi connectivity index (χ4v) is 1.22. The fourth-order valence-electron chi connectivity index (χ4n) is 1.03. The number of hydrogen-bond acceptors (Lipinski definition) is 3. The predicted octanol–water partition coefficient (Wildman–Crippen LogP) is 0.369. The molecule has 0 unspecified atom stereocenters. The van der Waals surface area contributed by atoms with Gasteiger partial charge < -0.3 is 10.4 Å². The van der Waals surface area contributed by atoms with E-state index in [1.807, 2.05) is 10.7 Å². The Kier molecular flexibility index (Phi) is 4.94. The quantitative estimate of drug-likeness (QED) is 0.596. The number of hydrogen-bond donors (Lipinski definition) is 4. The van der Waals surface area contributed by atoms with Crippen molar-refractivity contribution in [2.45, 2.75) is 0 Å². The molecule has 0 radical (unpaired) electrons. The molecule has 7 nitrogen and oxygen atoms in total. The molecule has 0 fully saturated rings. The molecule has 1 aromatic rings. The van der Waals surface area contributed by atoms with Crippen LogP contribution in [0.1, 0.15) is 10.4 Å². The van der Waals surface area contributed by atoms with Crippen LogP contribution >= 0.6 is 11.6 Å². The molecule has 4 N–H and O–H groups in total. The molecule has 1 rings (SSSR count). The molecule has 0 atom stereocenters. The summed E-state index contributed by atoms with van der Waals surface area (Å²) in [6.45, 7) is -0.453.